The van der Waals surface area contributed by atoms with Gasteiger partial charge in [0, 0.05) is 30.5 Å². The number of aromatic nitrogens is 2. The molecule has 2 aromatic rings. The molecule has 21 heavy (non-hydrogen) atoms. The molecule has 1 atom stereocenters. The number of nitrogens with zero attached hydrogens (tertiary/aromatic N) is 3. The first-order valence-electron chi connectivity index (χ1n) is 7.37. The number of pyridine rings is 1. The maximum atomic E-state index is 12.4. The summed E-state index contributed by atoms with van der Waals surface area (Å²) in [5.74, 6) is 0.294. The highest BCUT2D eigenvalue weighted by molar-refractivity contribution is 5.91. The number of carbonyl (C=O) groups is 1. The maximum absolute atomic E-state index is 12.4. The normalized spacial score (nSPS) is 18.1. The molecular weight excluding hydrogens is 266 g/mol. The van der Waals surface area contributed by atoms with Gasteiger partial charge in [0.2, 0.25) is 5.76 Å². The van der Waals surface area contributed by atoms with Crippen molar-refractivity contribution in [3.8, 4) is 0 Å². The average Bonchev–Trinajstić information content (AvgIpc) is 3.16. The molecule has 1 aliphatic rings. The van der Waals surface area contributed by atoms with Gasteiger partial charge >= 0.3 is 0 Å². The van der Waals surface area contributed by atoms with Crippen molar-refractivity contribution >= 4 is 5.91 Å². The minimum atomic E-state index is -0.0408. The van der Waals surface area contributed by atoms with Crippen molar-refractivity contribution in [2.24, 2.45) is 0 Å². The van der Waals surface area contributed by atoms with Gasteiger partial charge in [0.1, 0.15) is 0 Å². The van der Waals surface area contributed by atoms with Crippen molar-refractivity contribution < 1.29 is 9.32 Å². The second-order valence-electron chi connectivity index (χ2n) is 5.52. The fraction of sp³-hybridized carbons (Fsp3) is 0.438. The van der Waals surface area contributed by atoms with E-state index in [4.69, 9.17) is 4.52 Å². The molecular formula is C16H19N3O2. The fourth-order valence-electron chi connectivity index (χ4n) is 2.96. The summed E-state index contributed by atoms with van der Waals surface area (Å²) in [7, 11) is 0. The van der Waals surface area contributed by atoms with Crippen molar-refractivity contribution in [3.05, 3.63) is 47.6 Å². The van der Waals surface area contributed by atoms with Crippen LogP contribution in [-0.2, 0) is 6.42 Å². The number of carbonyl (C=O) groups excluding carboxylic acids is 1. The van der Waals surface area contributed by atoms with Crippen LogP contribution < -0.4 is 0 Å². The molecule has 0 aromatic carbocycles. The van der Waals surface area contributed by atoms with Crippen molar-refractivity contribution in [1.29, 1.82) is 0 Å². The Hall–Kier alpha value is -2.17. The number of hydrogen-bond acceptors (Lipinski definition) is 4. The van der Waals surface area contributed by atoms with E-state index < -0.39 is 0 Å². The number of rotatable bonds is 4. The first-order valence-corrected chi connectivity index (χ1v) is 7.37. The molecule has 0 bridgehead atoms. The number of aryl methyl sites for hydroxylation is 2. The molecule has 0 spiro atoms. The summed E-state index contributed by atoms with van der Waals surface area (Å²) in [5, 5.41) is 3.61. The molecule has 0 aliphatic carbocycles. The summed E-state index contributed by atoms with van der Waals surface area (Å²) in [6.07, 6.45) is 7.41. The average molecular weight is 285 g/mol. The molecule has 5 heteroatoms. The molecule has 2 aromatic heterocycles. The molecule has 0 radical (unpaired) electrons. The first kappa shape index (κ1) is 13.8. The van der Waals surface area contributed by atoms with Crippen LogP contribution in [-0.4, -0.2) is 33.5 Å². The van der Waals surface area contributed by atoms with Crippen LogP contribution in [0.4, 0.5) is 0 Å². The van der Waals surface area contributed by atoms with E-state index in [2.05, 4.69) is 16.2 Å². The van der Waals surface area contributed by atoms with Gasteiger partial charge in [-0.15, -0.1) is 0 Å². The van der Waals surface area contributed by atoms with Gasteiger partial charge in [-0.1, -0.05) is 5.16 Å². The van der Waals surface area contributed by atoms with Gasteiger partial charge in [0.15, 0.2) is 0 Å². The van der Waals surface area contributed by atoms with E-state index in [0.717, 1.165) is 37.9 Å². The van der Waals surface area contributed by atoms with Crippen molar-refractivity contribution in [2.45, 2.75) is 38.6 Å². The van der Waals surface area contributed by atoms with E-state index in [1.165, 1.54) is 11.8 Å². The lowest BCUT2D eigenvalue weighted by Gasteiger charge is -2.23. The lowest BCUT2D eigenvalue weighted by molar-refractivity contribution is 0.0688. The predicted molar refractivity (Wildman–Crippen MR) is 77.9 cm³/mol. The van der Waals surface area contributed by atoms with Crippen LogP contribution in [0.3, 0.4) is 0 Å². The smallest absolute Gasteiger partial charge is 0.292 e. The van der Waals surface area contributed by atoms with Gasteiger partial charge in [-0.2, -0.15) is 0 Å². The highest BCUT2D eigenvalue weighted by Crippen LogP contribution is 2.24. The van der Waals surface area contributed by atoms with Gasteiger partial charge in [-0.05, 0) is 50.3 Å². The Morgan fingerprint density at radius 2 is 2.33 bits per heavy atom. The Balaban J connectivity index is 1.63. The second kappa shape index (κ2) is 6.08. The Bertz CT molecular complexity index is 610. The van der Waals surface area contributed by atoms with Gasteiger partial charge in [-0.25, -0.2) is 0 Å². The predicted octanol–water partition coefficient (Wildman–Crippen LogP) is 2.62. The van der Waals surface area contributed by atoms with Gasteiger partial charge < -0.3 is 9.42 Å². The van der Waals surface area contributed by atoms with Crippen molar-refractivity contribution in [3.63, 3.8) is 0 Å². The van der Waals surface area contributed by atoms with Crippen LogP contribution in [0.25, 0.3) is 0 Å². The van der Waals surface area contributed by atoms with E-state index in [1.807, 2.05) is 24.1 Å². The second-order valence-corrected chi connectivity index (χ2v) is 5.52. The lowest BCUT2D eigenvalue weighted by atomic mass is 10.0. The standard InChI is InChI=1S/C16H19N3O2/c1-12-11-13(6-8-17-12)4-5-14-3-2-10-19(14)16(20)15-7-9-18-21-15/h6-9,11,14H,2-5,10H2,1H3/t14-/m0/s1. The molecule has 0 unspecified atom stereocenters. The minimum absolute atomic E-state index is 0.0408. The Labute approximate surface area is 124 Å². The van der Waals surface area contributed by atoms with Crippen molar-refractivity contribution in [2.75, 3.05) is 6.54 Å². The number of hydrogen-bond donors (Lipinski definition) is 0. The number of likely N-dealkylation sites (tertiary alicyclic amines) is 1. The van der Waals surface area contributed by atoms with Crippen molar-refractivity contribution in [1.82, 2.24) is 15.0 Å². The molecule has 1 saturated heterocycles. The summed E-state index contributed by atoms with van der Waals surface area (Å²) in [4.78, 5) is 18.5. The molecule has 1 aliphatic heterocycles. The Morgan fingerprint density at radius 1 is 1.43 bits per heavy atom. The highest BCUT2D eigenvalue weighted by atomic mass is 16.5. The first-order chi connectivity index (χ1) is 10.2. The van der Waals surface area contributed by atoms with Crippen LogP contribution in [0.15, 0.2) is 35.1 Å². The van der Waals surface area contributed by atoms with Gasteiger partial charge in [0.05, 0.1) is 6.20 Å². The molecule has 110 valence electrons. The third-order valence-corrected chi connectivity index (χ3v) is 4.01. The van der Waals surface area contributed by atoms with E-state index in [0.29, 0.717) is 5.76 Å². The summed E-state index contributed by atoms with van der Waals surface area (Å²) in [6.45, 7) is 2.80. The summed E-state index contributed by atoms with van der Waals surface area (Å²) in [5.41, 5.74) is 2.31. The molecule has 3 rings (SSSR count). The molecule has 3 heterocycles. The van der Waals surface area contributed by atoms with E-state index in [-0.39, 0.29) is 11.9 Å². The van der Waals surface area contributed by atoms with E-state index >= 15 is 0 Å². The van der Waals surface area contributed by atoms with Crippen LogP contribution in [0, 0.1) is 6.92 Å². The van der Waals surface area contributed by atoms with Crippen LogP contribution in [0.5, 0.6) is 0 Å². The molecule has 5 nitrogen and oxygen atoms in total. The molecule has 0 saturated carbocycles. The molecule has 1 amide bonds. The minimum Gasteiger partial charge on any atom is -0.351 e. The summed E-state index contributed by atoms with van der Waals surface area (Å²) >= 11 is 0. The van der Waals surface area contributed by atoms with E-state index in [9.17, 15) is 4.79 Å². The maximum Gasteiger partial charge on any atom is 0.292 e. The SMILES string of the molecule is Cc1cc(CC[C@@H]2CCCN2C(=O)c2ccno2)ccn1. The Morgan fingerprint density at radius 3 is 3.10 bits per heavy atom. The monoisotopic (exact) mass is 285 g/mol. The molecule has 0 N–H and O–H groups in total. The van der Waals surface area contributed by atoms with Gasteiger partial charge in [-0.3, -0.25) is 9.78 Å². The zero-order chi connectivity index (χ0) is 14.7. The molecule has 1 fully saturated rings. The highest BCUT2D eigenvalue weighted by Gasteiger charge is 2.30. The zero-order valence-electron chi connectivity index (χ0n) is 12.2. The van der Waals surface area contributed by atoms with Gasteiger partial charge in [0.25, 0.3) is 5.91 Å². The quantitative estimate of drug-likeness (QED) is 0.866. The van der Waals surface area contributed by atoms with Crippen LogP contribution in [0.1, 0.15) is 41.1 Å². The Kier molecular flexibility index (Phi) is 3.99. The number of amides is 1. The van der Waals surface area contributed by atoms with E-state index in [1.54, 1.807) is 6.07 Å². The van der Waals surface area contributed by atoms with Crippen LogP contribution >= 0.6 is 0 Å². The topological polar surface area (TPSA) is 59.2 Å². The largest absolute Gasteiger partial charge is 0.351 e. The third kappa shape index (κ3) is 3.12. The summed E-state index contributed by atoms with van der Waals surface area (Å²) < 4.78 is 4.99. The third-order valence-electron chi connectivity index (χ3n) is 4.01. The lowest BCUT2D eigenvalue weighted by Crippen LogP contribution is -2.35. The van der Waals surface area contributed by atoms with Crippen LogP contribution in [0.2, 0.25) is 0 Å². The fourth-order valence-corrected chi connectivity index (χ4v) is 2.96. The summed E-state index contributed by atoms with van der Waals surface area (Å²) in [6, 6.07) is 6.07. The zero-order valence-corrected chi connectivity index (χ0v) is 12.2.